The second-order valence-corrected chi connectivity index (χ2v) is 5.76. The van der Waals surface area contributed by atoms with Crippen molar-refractivity contribution in [1.29, 1.82) is 0 Å². The lowest BCUT2D eigenvalue weighted by atomic mass is 10.2. The van der Waals surface area contributed by atoms with E-state index in [2.05, 4.69) is 4.72 Å². The van der Waals surface area contributed by atoms with E-state index in [0.29, 0.717) is 18.6 Å². The molecule has 0 radical (unpaired) electrons. The van der Waals surface area contributed by atoms with Crippen molar-refractivity contribution in [3.05, 3.63) is 29.6 Å². The summed E-state index contributed by atoms with van der Waals surface area (Å²) in [7, 11) is -2.28. The molecule has 0 aliphatic heterocycles. The van der Waals surface area contributed by atoms with Crippen molar-refractivity contribution in [3.8, 4) is 0 Å². The molecule has 0 amide bonds. The van der Waals surface area contributed by atoms with E-state index in [-0.39, 0.29) is 13.2 Å². The smallest absolute Gasteiger partial charge is 0.243 e. The monoisotopic (exact) mass is 291 g/mol. The first kappa shape index (κ1) is 16.0. The number of unbranched alkanes of at least 4 members (excludes halogenated alkanes) is 1. The van der Waals surface area contributed by atoms with Crippen LogP contribution in [-0.2, 0) is 21.4 Å². The summed E-state index contributed by atoms with van der Waals surface area (Å²) < 4.78 is 44.5. The third kappa shape index (κ3) is 4.87. The van der Waals surface area contributed by atoms with E-state index in [1.165, 1.54) is 6.07 Å². The first-order chi connectivity index (χ1) is 9.01. The fourth-order valence-corrected chi connectivity index (χ4v) is 2.65. The molecule has 0 saturated carbocycles. The van der Waals surface area contributed by atoms with Crippen LogP contribution in [0.25, 0.3) is 0 Å². The third-order valence-electron chi connectivity index (χ3n) is 2.54. The molecule has 1 aromatic rings. The Bertz CT molecular complexity index is 504. The molecule has 0 saturated heterocycles. The molecule has 0 spiro atoms. The minimum Gasteiger partial charge on any atom is -0.392 e. The van der Waals surface area contributed by atoms with Crippen LogP contribution in [0.1, 0.15) is 18.4 Å². The fourth-order valence-electron chi connectivity index (χ4n) is 1.52. The number of nitrogens with one attached hydrogen (secondary N) is 1. The summed E-state index contributed by atoms with van der Waals surface area (Å²) in [6.07, 6.45) is 1.34. The van der Waals surface area contributed by atoms with Gasteiger partial charge in [-0.2, -0.15) is 0 Å². The van der Waals surface area contributed by atoms with Gasteiger partial charge in [0.25, 0.3) is 0 Å². The van der Waals surface area contributed by atoms with Crippen molar-refractivity contribution in [1.82, 2.24) is 4.72 Å². The molecule has 7 heteroatoms. The van der Waals surface area contributed by atoms with Crippen LogP contribution in [0.3, 0.4) is 0 Å². The maximum Gasteiger partial charge on any atom is 0.243 e. The first-order valence-corrected chi connectivity index (χ1v) is 7.37. The van der Waals surface area contributed by atoms with Crippen molar-refractivity contribution in [2.45, 2.75) is 24.3 Å². The standard InChI is InChI=1S/C12H18FNO4S/c1-18-7-3-2-6-14-19(16,17)12-5-4-10(9-15)8-11(12)13/h4-5,8,14-15H,2-3,6-7,9H2,1H3. The van der Waals surface area contributed by atoms with Crippen LogP contribution in [0.5, 0.6) is 0 Å². The van der Waals surface area contributed by atoms with Gasteiger partial charge in [0.05, 0.1) is 6.61 Å². The molecule has 1 rings (SSSR count). The molecule has 0 aromatic heterocycles. The van der Waals surface area contributed by atoms with Crippen LogP contribution in [0.4, 0.5) is 4.39 Å². The molecule has 0 unspecified atom stereocenters. The Balaban J connectivity index is 2.67. The molecular formula is C12H18FNO4S. The Kier molecular flexibility index (Phi) is 6.36. The number of halogens is 1. The van der Waals surface area contributed by atoms with E-state index in [1.807, 2.05) is 0 Å². The summed E-state index contributed by atoms with van der Waals surface area (Å²) in [5.74, 6) is -0.865. The van der Waals surface area contributed by atoms with Crippen molar-refractivity contribution >= 4 is 10.0 Å². The molecule has 0 bridgehead atoms. The number of hydrogen-bond acceptors (Lipinski definition) is 4. The van der Waals surface area contributed by atoms with Gasteiger partial charge in [-0.05, 0) is 30.5 Å². The number of methoxy groups -OCH3 is 1. The quantitative estimate of drug-likeness (QED) is 0.701. The topological polar surface area (TPSA) is 75.6 Å². The largest absolute Gasteiger partial charge is 0.392 e. The summed E-state index contributed by atoms with van der Waals surface area (Å²) in [5, 5.41) is 8.84. The van der Waals surface area contributed by atoms with Gasteiger partial charge >= 0.3 is 0 Å². The summed E-state index contributed by atoms with van der Waals surface area (Å²) in [4.78, 5) is -0.406. The lowest BCUT2D eigenvalue weighted by molar-refractivity contribution is 0.193. The van der Waals surface area contributed by atoms with Gasteiger partial charge in [-0.1, -0.05) is 6.07 Å². The minimum absolute atomic E-state index is 0.229. The third-order valence-corrected chi connectivity index (χ3v) is 4.03. The van der Waals surface area contributed by atoms with Gasteiger partial charge in [0.15, 0.2) is 0 Å². The zero-order valence-electron chi connectivity index (χ0n) is 10.7. The highest BCUT2D eigenvalue weighted by Crippen LogP contribution is 2.16. The molecule has 0 aliphatic carbocycles. The van der Waals surface area contributed by atoms with Crippen LogP contribution in [0.15, 0.2) is 23.1 Å². The zero-order valence-corrected chi connectivity index (χ0v) is 11.5. The second kappa shape index (κ2) is 7.54. The van der Waals surface area contributed by atoms with E-state index in [4.69, 9.17) is 9.84 Å². The van der Waals surface area contributed by atoms with Gasteiger partial charge in [0.2, 0.25) is 10.0 Å². The molecule has 108 valence electrons. The Morgan fingerprint density at radius 1 is 1.37 bits per heavy atom. The molecule has 0 heterocycles. The molecular weight excluding hydrogens is 273 g/mol. The number of aliphatic hydroxyl groups excluding tert-OH is 1. The molecule has 19 heavy (non-hydrogen) atoms. The number of benzene rings is 1. The van der Waals surface area contributed by atoms with Gasteiger partial charge < -0.3 is 9.84 Å². The predicted molar refractivity (Wildman–Crippen MR) is 68.6 cm³/mol. The maximum absolute atomic E-state index is 13.6. The molecule has 0 aliphatic rings. The van der Waals surface area contributed by atoms with Crippen LogP contribution in [0, 0.1) is 5.82 Å². The van der Waals surface area contributed by atoms with Crippen molar-refractivity contribution in [2.75, 3.05) is 20.3 Å². The van der Waals surface area contributed by atoms with Crippen LogP contribution in [-0.4, -0.2) is 33.8 Å². The normalized spacial score (nSPS) is 11.7. The lowest BCUT2D eigenvalue weighted by Gasteiger charge is -2.08. The zero-order chi connectivity index (χ0) is 14.3. The number of ether oxygens (including phenoxy) is 1. The number of rotatable bonds is 8. The van der Waals surface area contributed by atoms with E-state index in [1.54, 1.807) is 7.11 Å². The SMILES string of the molecule is COCCCCNS(=O)(=O)c1ccc(CO)cc1F. The number of sulfonamides is 1. The van der Waals surface area contributed by atoms with E-state index in [9.17, 15) is 12.8 Å². The highest BCUT2D eigenvalue weighted by Gasteiger charge is 2.18. The Hall–Kier alpha value is -1.02. The summed E-state index contributed by atoms with van der Waals surface area (Å²) in [6, 6.07) is 3.54. The van der Waals surface area contributed by atoms with Crippen molar-refractivity contribution < 1.29 is 22.7 Å². The van der Waals surface area contributed by atoms with E-state index in [0.717, 1.165) is 18.6 Å². The Morgan fingerprint density at radius 3 is 2.68 bits per heavy atom. The minimum atomic E-state index is -3.85. The Morgan fingerprint density at radius 2 is 2.11 bits per heavy atom. The van der Waals surface area contributed by atoms with E-state index < -0.39 is 20.7 Å². The average molecular weight is 291 g/mol. The summed E-state index contributed by atoms with van der Waals surface area (Å²) in [6.45, 7) is 0.454. The van der Waals surface area contributed by atoms with Crippen molar-refractivity contribution in [2.24, 2.45) is 0 Å². The molecule has 0 atom stereocenters. The fraction of sp³-hybridized carbons (Fsp3) is 0.500. The predicted octanol–water partition coefficient (Wildman–Crippen LogP) is 1.02. The average Bonchev–Trinajstić information content (AvgIpc) is 2.37. The molecule has 2 N–H and O–H groups in total. The number of hydrogen-bond donors (Lipinski definition) is 2. The van der Waals surface area contributed by atoms with Gasteiger partial charge in [0, 0.05) is 20.3 Å². The van der Waals surface area contributed by atoms with E-state index >= 15 is 0 Å². The maximum atomic E-state index is 13.6. The van der Waals surface area contributed by atoms with Gasteiger partial charge in [-0.3, -0.25) is 0 Å². The van der Waals surface area contributed by atoms with Gasteiger partial charge in [-0.25, -0.2) is 17.5 Å². The lowest BCUT2D eigenvalue weighted by Crippen LogP contribution is -2.26. The van der Waals surface area contributed by atoms with Crippen molar-refractivity contribution in [3.63, 3.8) is 0 Å². The van der Waals surface area contributed by atoms with Crippen LogP contribution >= 0.6 is 0 Å². The summed E-state index contributed by atoms with van der Waals surface area (Å²) >= 11 is 0. The first-order valence-electron chi connectivity index (χ1n) is 5.89. The van der Waals surface area contributed by atoms with Gasteiger partial charge in [-0.15, -0.1) is 0 Å². The highest BCUT2D eigenvalue weighted by atomic mass is 32.2. The summed E-state index contributed by atoms with van der Waals surface area (Å²) in [5.41, 5.74) is 0.330. The van der Waals surface area contributed by atoms with Crippen LogP contribution in [0.2, 0.25) is 0 Å². The highest BCUT2D eigenvalue weighted by molar-refractivity contribution is 7.89. The molecule has 1 aromatic carbocycles. The molecule has 0 fully saturated rings. The van der Waals surface area contributed by atoms with Gasteiger partial charge in [0.1, 0.15) is 10.7 Å². The molecule has 5 nitrogen and oxygen atoms in total. The number of aliphatic hydroxyl groups is 1. The Labute approximate surface area is 112 Å². The van der Waals surface area contributed by atoms with Crippen LogP contribution < -0.4 is 4.72 Å². The second-order valence-electron chi connectivity index (χ2n) is 4.02.